The molecule has 0 atom stereocenters. The van der Waals surface area contributed by atoms with E-state index in [2.05, 4.69) is 59.9 Å². The molecule has 0 spiro atoms. The molecule has 0 aromatic heterocycles. The molecule has 0 fully saturated rings. The van der Waals surface area contributed by atoms with E-state index in [1.807, 2.05) is 11.8 Å². The Morgan fingerprint density at radius 3 is 2.55 bits per heavy atom. The average Bonchev–Trinajstić information content (AvgIpc) is 2.51. The van der Waals surface area contributed by atoms with Crippen LogP contribution in [-0.2, 0) is 17.0 Å². The van der Waals surface area contributed by atoms with Gasteiger partial charge < -0.3 is 10.1 Å². The normalized spacial score (nSPS) is 10.7. The third-order valence-corrected chi connectivity index (χ3v) is 4.20. The Morgan fingerprint density at radius 2 is 1.75 bits per heavy atom. The maximum Gasteiger partial charge on any atom is 0.0587 e. The number of rotatable bonds is 8. The Bertz CT molecular complexity index is 501. The summed E-state index contributed by atoms with van der Waals surface area (Å²) in [5.41, 5.74) is 2.71. The molecule has 20 heavy (non-hydrogen) atoms. The minimum atomic E-state index is 0.749. The minimum Gasteiger partial charge on any atom is -0.383 e. The van der Waals surface area contributed by atoms with Crippen molar-refractivity contribution in [2.45, 2.75) is 17.2 Å². The van der Waals surface area contributed by atoms with Crippen LogP contribution in [0.4, 0.5) is 0 Å². The van der Waals surface area contributed by atoms with Gasteiger partial charge in [-0.25, -0.2) is 0 Å². The van der Waals surface area contributed by atoms with E-state index in [1.165, 1.54) is 16.0 Å². The summed E-state index contributed by atoms with van der Waals surface area (Å²) in [5.74, 6) is 1.01. The standard InChI is InChI=1S/C17H21NOS/c1-19-12-11-18-13-16-9-5-6-10-17(16)20-14-15-7-3-2-4-8-15/h2-10,18H,11-14H2,1H3. The summed E-state index contributed by atoms with van der Waals surface area (Å²) in [7, 11) is 1.73. The van der Waals surface area contributed by atoms with Gasteiger partial charge in [-0.05, 0) is 17.2 Å². The summed E-state index contributed by atoms with van der Waals surface area (Å²) < 4.78 is 5.05. The van der Waals surface area contributed by atoms with Gasteiger partial charge in [0.2, 0.25) is 0 Å². The maximum absolute atomic E-state index is 5.05. The van der Waals surface area contributed by atoms with E-state index >= 15 is 0 Å². The van der Waals surface area contributed by atoms with Crippen LogP contribution in [0.25, 0.3) is 0 Å². The second-order valence-electron chi connectivity index (χ2n) is 4.55. The number of benzene rings is 2. The lowest BCUT2D eigenvalue weighted by Crippen LogP contribution is -2.18. The van der Waals surface area contributed by atoms with E-state index in [1.54, 1.807) is 7.11 Å². The Balaban J connectivity index is 1.90. The fraction of sp³-hybridized carbons (Fsp3) is 0.294. The second-order valence-corrected chi connectivity index (χ2v) is 5.57. The van der Waals surface area contributed by atoms with Crippen LogP contribution in [0.2, 0.25) is 0 Å². The third-order valence-electron chi connectivity index (χ3n) is 3.01. The predicted octanol–water partition coefficient (Wildman–Crippen LogP) is 3.71. The van der Waals surface area contributed by atoms with Crippen LogP contribution < -0.4 is 5.32 Å². The molecule has 0 saturated carbocycles. The fourth-order valence-corrected chi connectivity index (χ4v) is 2.94. The highest BCUT2D eigenvalue weighted by atomic mass is 32.2. The Kier molecular flexibility index (Phi) is 6.64. The van der Waals surface area contributed by atoms with Crippen LogP contribution >= 0.6 is 11.8 Å². The Labute approximate surface area is 125 Å². The number of hydrogen-bond acceptors (Lipinski definition) is 3. The molecule has 0 amide bonds. The molecule has 1 N–H and O–H groups in total. The van der Waals surface area contributed by atoms with E-state index in [0.29, 0.717) is 0 Å². The topological polar surface area (TPSA) is 21.3 Å². The third kappa shape index (κ3) is 5.00. The first-order chi connectivity index (χ1) is 9.90. The quantitative estimate of drug-likeness (QED) is 0.590. The number of methoxy groups -OCH3 is 1. The lowest BCUT2D eigenvalue weighted by Gasteiger charge is -2.10. The Morgan fingerprint density at radius 1 is 1.00 bits per heavy atom. The molecule has 2 aromatic rings. The second kappa shape index (κ2) is 8.80. The molecule has 0 aliphatic carbocycles. The molecule has 2 nitrogen and oxygen atoms in total. The van der Waals surface area contributed by atoms with Gasteiger partial charge in [0, 0.05) is 30.8 Å². The molecular weight excluding hydrogens is 266 g/mol. The summed E-state index contributed by atoms with van der Waals surface area (Å²) in [4.78, 5) is 1.35. The van der Waals surface area contributed by atoms with Crippen molar-refractivity contribution in [3.8, 4) is 0 Å². The van der Waals surface area contributed by atoms with E-state index in [9.17, 15) is 0 Å². The number of thioether (sulfide) groups is 1. The Hall–Kier alpha value is -1.29. The van der Waals surface area contributed by atoms with Crippen molar-refractivity contribution in [3.63, 3.8) is 0 Å². The molecule has 0 saturated heterocycles. The smallest absolute Gasteiger partial charge is 0.0587 e. The van der Waals surface area contributed by atoms with Crippen LogP contribution in [0.15, 0.2) is 59.5 Å². The number of ether oxygens (including phenoxy) is 1. The zero-order valence-corrected chi connectivity index (χ0v) is 12.7. The summed E-state index contributed by atoms with van der Waals surface area (Å²) in [5, 5.41) is 3.40. The molecule has 2 aromatic carbocycles. The van der Waals surface area contributed by atoms with E-state index in [4.69, 9.17) is 4.74 Å². The van der Waals surface area contributed by atoms with Gasteiger partial charge in [-0.1, -0.05) is 48.5 Å². The summed E-state index contributed by atoms with van der Waals surface area (Å²) in [6.45, 7) is 2.52. The number of nitrogens with one attached hydrogen (secondary N) is 1. The van der Waals surface area contributed by atoms with Crippen molar-refractivity contribution in [1.29, 1.82) is 0 Å². The van der Waals surface area contributed by atoms with Crippen molar-refractivity contribution in [3.05, 3.63) is 65.7 Å². The lowest BCUT2D eigenvalue weighted by atomic mass is 10.2. The monoisotopic (exact) mass is 287 g/mol. The number of hydrogen-bond donors (Lipinski definition) is 1. The molecular formula is C17H21NOS. The molecule has 0 unspecified atom stereocenters. The molecule has 0 aliphatic heterocycles. The maximum atomic E-state index is 5.05. The van der Waals surface area contributed by atoms with Gasteiger partial charge in [0.1, 0.15) is 0 Å². The zero-order chi connectivity index (χ0) is 14.0. The van der Waals surface area contributed by atoms with Gasteiger partial charge in [0.05, 0.1) is 6.61 Å². The highest BCUT2D eigenvalue weighted by Gasteiger charge is 2.02. The van der Waals surface area contributed by atoms with Gasteiger partial charge in [0.25, 0.3) is 0 Å². The van der Waals surface area contributed by atoms with Crippen molar-refractivity contribution < 1.29 is 4.74 Å². The van der Waals surface area contributed by atoms with Crippen molar-refractivity contribution in [1.82, 2.24) is 5.32 Å². The van der Waals surface area contributed by atoms with Crippen LogP contribution in [0.5, 0.6) is 0 Å². The molecule has 2 rings (SSSR count). The van der Waals surface area contributed by atoms with Gasteiger partial charge in [-0.15, -0.1) is 11.8 Å². The summed E-state index contributed by atoms with van der Waals surface area (Å²) >= 11 is 1.89. The van der Waals surface area contributed by atoms with Crippen LogP contribution in [0.3, 0.4) is 0 Å². The van der Waals surface area contributed by atoms with E-state index in [0.717, 1.165) is 25.4 Å². The molecule has 106 valence electrons. The van der Waals surface area contributed by atoms with Gasteiger partial charge in [-0.3, -0.25) is 0 Å². The van der Waals surface area contributed by atoms with Crippen LogP contribution in [-0.4, -0.2) is 20.3 Å². The summed E-state index contributed by atoms with van der Waals surface area (Å²) in [6, 6.07) is 19.2. The predicted molar refractivity (Wildman–Crippen MR) is 86.0 cm³/mol. The molecule has 0 heterocycles. The molecule has 3 heteroatoms. The average molecular weight is 287 g/mol. The SMILES string of the molecule is COCCNCc1ccccc1SCc1ccccc1. The highest BCUT2D eigenvalue weighted by Crippen LogP contribution is 2.26. The molecule has 0 aliphatic rings. The highest BCUT2D eigenvalue weighted by molar-refractivity contribution is 7.98. The molecule has 0 radical (unpaired) electrons. The minimum absolute atomic E-state index is 0.749. The zero-order valence-electron chi connectivity index (χ0n) is 11.8. The fourth-order valence-electron chi connectivity index (χ4n) is 1.92. The van der Waals surface area contributed by atoms with Crippen molar-refractivity contribution >= 4 is 11.8 Å². The molecule has 0 bridgehead atoms. The van der Waals surface area contributed by atoms with Crippen LogP contribution in [0.1, 0.15) is 11.1 Å². The van der Waals surface area contributed by atoms with Crippen LogP contribution in [0, 0.1) is 0 Å². The van der Waals surface area contributed by atoms with Crippen molar-refractivity contribution in [2.24, 2.45) is 0 Å². The summed E-state index contributed by atoms with van der Waals surface area (Å²) in [6.07, 6.45) is 0. The van der Waals surface area contributed by atoms with Gasteiger partial charge in [-0.2, -0.15) is 0 Å². The first kappa shape index (κ1) is 15.1. The van der Waals surface area contributed by atoms with E-state index in [-0.39, 0.29) is 0 Å². The van der Waals surface area contributed by atoms with Gasteiger partial charge >= 0.3 is 0 Å². The first-order valence-corrected chi connectivity index (χ1v) is 7.83. The van der Waals surface area contributed by atoms with Crippen molar-refractivity contribution in [2.75, 3.05) is 20.3 Å². The van der Waals surface area contributed by atoms with E-state index < -0.39 is 0 Å². The van der Waals surface area contributed by atoms with Gasteiger partial charge in [0.15, 0.2) is 0 Å². The first-order valence-electron chi connectivity index (χ1n) is 6.84. The largest absolute Gasteiger partial charge is 0.383 e. The lowest BCUT2D eigenvalue weighted by molar-refractivity contribution is 0.199.